The van der Waals surface area contributed by atoms with E-state index in [2.05, 4.69) is 9.97 Å². The van der Waals surface area contributed by atoms with Gasteiger partial charge in [0.1, 0.15) is 5.75 Å². The minimum atomic E-state index is 0.255. The highest BCUT2D eigenvalue weighted by Crippen LogP contribution is 2.19. The van der Waals surface area contributed by atoms with Crippen LogP contribution in [0.25, 0.3) is 17.0 Å². The fraction of sp³-hybridized carbons (Fsp3) is 0. The summed E-state index contributed by atoms with van der Waals surface area (Å²) in [6, 6.07) is 8.87. The van der Waals surface area contributed by atoms with E-state index in [1.807, 2.05) is 35.0 Å². The standard InChI is InChI=1S/C12H9N3O/c16-10-3-1-9(2-4-10)11-5-7-15-8-6-13-12(15)14-11/h1-8,16H. The van der Waals surface area contributed by atoms with E-state index in [1.54, 1.807) is 18.3 Å². The molecule has 4 heteroatoms. The zero-order valence-electron chi connectivity index (χ0n) is 8.41. The Balaban J connectivity index is 2.14. The molecule has 0 aliphatic heterocycles. The van der Waals surface area contributed by atoms with Crippen LogP contribution < -0.4 is 0 Å². The van der Waals surface area contributed by atoms with Gasteiger partial charge in [0.05, 0.1) is 5.69 Å². The monoisotopic (exact) mass is 211 g/mol. The highest BCUT2D eigenvalue weighted by molar-refractivity contribution is 5.61. The molecule has 0 amide bonds. The Labute approximate surface area is 91.8 Å². The lowest BCUT2D eigenvalue weighted by atomic mass is 10.1. The summed E-state index contributed by atoms with van der Waals surface area (Å²) in [5.74, 6) is 0.927. The number of aromatic nitrogens is 3. The van der Waals surface area contributed by atoms with E-state index >= 15 is 0 Å². The van der Waals surface area contributed by atoms with Crippen LogP contribution in [0, 0.1) is 0 Å². The van der Waals surface area contributed by atoms with Gasteiger partial charge in [0.15, 0.2) is 0 Å². The first-order valence-electron chi connectivity index (χ1n) is 4.92. The van der Waals surface area contributed by atoms with Gasteiger partial charge in [-0.2, -0.15) is 0 Å². The summed E-state index contributed by atoms with van der Waals surface area (Å²) in [6.07, 6.45) is 5.48. The average molecular weight is 211 g/mol. The SMILES string of the molecule is Oc1ccc(-c2ccn3ccnc3n2)cc1. The van der Waals surface area contributed by atoms with Gasteiger partial charge in [-0.3, -0.25) is 4.40 Å². The summed E-state index contributed by atoms with van der Waals surface area (Å²) < 4.78 is 1.85. The lowest BCUT2D eigenvalue weighted by molar-refractivity contribution is 0.475. The minimum Gasteiger partial charge on any atom is -0.508 e. The first-order valence-corrected chi connectivity index (χ1v) is 4.92. The summed E-state index contributed by atoms with van der Waals surface area (Å²) in [5.41, 5.74) is 1.81. The van der Waals surface area contributed by atoms with E-state index in [0.717, 1.165) is 11.3 Å². The third-order valence-corrected chi connectivity index (χ3v) is 2.42. The molecule has 0 saturated heterocycles. The predicted octanol–water partition coefficient (Wildman–Crippen LogP) is 2.10. The molecule has 16 heavy (non-hydrogen) atoms. The normalized spacial score (nSPS) is 10.8. The van der Waals surface area contributed by atoms with E-state index in [0.29, 0.717) is 5.78 Å². The molecule has 78 valence electrons. The van der Waals surface area contributed by atoms with Crippen LogP contribution >= 0.6 is 0 Å². The van der Waals surface area contributed by atoms with Crippen molar-refractivity contribution in [3.8, 4) is 17.0 Å². The summed E-state index contributed by atoms with van der Waals surface area (Å²) >= 11 is 0. The Hall–Kier alpha value is -2.36. The fourth-order valence-corrected chi connectivity index (χ4v) is 1.60. The number of phenolic OH excluding ortho intramolecular Hbond substituents is 1. The zero-order chi connectivity index (χ0) is 11.0. The van der Waals surface area contributed by atoms with Crippen molar-refractivity contribution in [1.29, 1.82) is 0 Å². The lowest BCUT2D eigenvalue weighted by Gasteiger charge is -2.01. The van der Waals surface area contributed by atoms with Crippen LogP contribution in [0.15, 0.2) is 48.9 Å². The van der Waals surface area contributed by atoms with Crippen molar-refractivity contribution < 1.29 is 5.11 Å². The average Bonchev–Trinajstić information content (AvgIpc) is 2.77. The topological polar surface area (TPSA) is 50.4 Å². The number of aromatic hydroxyl groups is 1. The largest absolute Gasteiger partial charge is 0.508 e. The molecule has 0 saturated carbocycles. The van der Waals surface area contributed by atoms with Crippen LogP contribution in [0.3, 0.4) is 0 Å². The van der Waals surface area contributed by atoms with Gasteiger partial charge >= 0.3 is 0 Å². The number of imidazole rings is 1. The molecule has 2 aromatic heterocycles. The maximum Gasteiger partial charge on any atom is 0.234 e. The molecule has 1 aromatic carbocycles. The zero-order valence-corrected chi connectivity index (χ0v) is 8.41. The summed E-state index contributed by atoms with van der Waals surface area (Å²) in [7, 11) is 0. The second kappa shape index (κ2) is 3.34. The second-order valence-corrected chi connectivity index (χ2v) is 3.49. The summed E-state index contributed by atoms with van der Waals surface area (Å²) in [5, 5.41) is 9.21. The molecule has 0 aliphatic carbocycles. The number of nitrogens with zero attached hydrogens (tertiary/aromatic N) is 3. The molecule has 0 atom stereocenters. The Bertz CT molecular complexity index is 628. The molecule has 0 aliphatic rings. The van der Waals surface area contributed by atoms with Crippen LogP contribution in [0.5, 0.6) is 5.75 Å². The van der Waals surface area contributed by atoms with Crippen LogP contribution in [0.4, 0.5) is 0 Å². The molecule has 0 spiro atoms. The molecule has 1 N–H and O–H groups in total. The van der Waals surface area contributed by atoms with Crippen LogP contribution in [0.1, 0.15) is 0 Å². The van der Waals surface area contributed by atoms with Crippen molar-refractivity contribution in [3.63, 3.8) is 0 Å². The molecule has 0 radical (unpaired) electrons. The molecular weight excluding hydrogens is 202 g/mol. The number of hydrogen-bond acceptors (Lipinski definition) is 3. The van der Waals surface area contributed by atoms with Crippen LogP contribution in [0.2, 0.25) is 0 Å². The van der Waals surface area contributed by atoms with E-state index in [-0.39, 0.29) is 5.75 Å². The molecule has 4 nitrogen and oxygen atoms in total. The van der Waals surface area contributed by atoms with Crippen molar-refractivity contribution in [1.82, 2.24) is 14.4 Å². The van der Waals surface area contributed by atoms with Crippen LogP contribution in [-0.2, 0) is 0 Å². The number of rotatable bonds is 1. The molecule has 0 bridgehead atoms. The molecule has 0 fully saturated rings. The van der Waals surface area contributed by atoms with E-state index in [4.69, 9.17) is 0 Å². The van der Waals surface area contributed by atoms with Crippen molar-refractivity contribution in [2.24, 2.45) is 0 Å². The van der Waals surface area contributed by atoms with Crippen molar-refractivity contribution in [2.75, 3.05) is 0 Å². The van der Waals surface area contributed by atoms with E-state index < -0.39 is 0 Å². The van der Waals surface area contributed by atoms with Crippen LogP contribution in [-0.4, -0.2) is 19.5 Å². The highest BCUT2D eigenvalue weighted by Gasteiger charge is 2.01. The van der Waals surface area contributed by atoms with Gasteiger partial charge in [0.25, 0.3) is 0 Å². The van der Waals surface area contributed by atoms with Gasteiger partial charge in [-0.15, -0.1) is 0 Å². The Morgan fingerprint density at radius 3 is 2.62 bits per heavy atom. The Morgan fingerprint density at radius 2 is 1.81 bits per heavy atom. The first kappa shape index (κ1) is 8.91. The number of hydrogen-bond donors (Lipinski definition) is 1. The van der Waals surface area contributed by atoms with Gasteiger partial charge in [-0.05, 0) is 30.3 Å². The molecule has 3 aromatic rings. The summed E-state index contributed by atoms with van der Waals surface area (Å²) in [4.78, 5) is 8.53. The quantitative estimate of drug-likeness (QED) is 0.670. The number of fused-ring (bicyclic) bond motifs is 1. The number of phenols is 1. The van der Waals surface area contributed by atoms with Gasteiger partial charge in [0.2, 0.25) is 5.78 Å². The maximum atomic E-state index is 9.21. The fourth-order valence-electron chi connectivity index (χ4n) is 1.60. The first-order chi connectivity index (χ1) is 7.83. The van der Waals surface area contributed by atoms with Crippen molar-refractivity contribution >= 4 is 5.78 Å². The maximum absolute atomic E-state index is 9.21. The van der Waals surface area contributed by atoms with Crippen molar-refractivity contribution in [3.05, 3.63) is 48.9 Å². The molecular formula is C12H9N3O. The molecule has 2 heterocycles. The number of benzene rings is 1. The minimum absolute atomic E-state index is 0.255. The smallest absolute Gasteiger partial charge is 0.234 e. The second-order valence-electron chi connectivity index (χ2n) is 3.49. The molecule has 0 unspecified atom stereocenters. The van der Waals surface area contributed by atoms with Gasteiger partial charge in [-0.25, -0.2) is 9.97 Å². The van der Waals surface area contributed by atoms with E-state index in [1.165, 1.54) is 0 Å². The third-order valence-electron chi connectivity index (χ3n) is 2.42. The summed E-state index contributed by atoms with van der Waals surface area (Å²) in [6.45, 7) is 0. The highest BCUT2D eigenvalue weighted by atomic mass is 16.3. The van der Waals surface area contributed by atoms with Gasteiger partial charge < -0.3 is 5.11 Å². The van der Waals surface area contributed by atoms with Gasteiger partial charge in [-0.1, -0.05) is 0 Å². The predicted molar refractivity (Wildman–Crippen MR) is 60.1 cm³/mol. The Morgan fingerprint density at radius 1 is 1.00 bits per heavy atom. The third kappa shape index (κ3) is 1.40. The van der Waals surface area contributed by atoms with Gasteiger partial charge in [0, 0.05) is 24.2 Å². The Kier molecular flexibility index (Phi) is 1.86. The lowest BCUT2D eigenvalue weighted by Crippen LogP contribution is -1.90. The molecule has 3 rings (SSSR count). The van der Waals surface area contributed by atoms with Crippen molar-refractivity contribution in [2.45, 2.75) is 0 Å². The van der Waals surface area contributed by atoms with E-state index in [9.17, 15) is 5.11 Å².